The second kappa shape index (κ2) is 8.48. The van der Waals surface area contributed by atoms with Gasteiger partial charge >= 0.3 is 6.18 Å². The van der Waals surface area contributed by atoms with Crippen LogP contribution in [0.1, 0.15) is 18.9 Å². The molecule has 146 valence electrons. The number of ketones is 1. The molecule has 0 fully saturated rings. The summed E-state index contributed by atoms with van der Waals surface area (Å²) in [5.74, 6) is 0.906. The normalized spacial score (nSPS) is 11.6. The van der Waals surface area contributed by atoms with Crippen molar-refractivity contribution < 1.29 is 18.0 Å². The number of Topliss-reactive ketones (excluding diaryl/α,β-unsaturated/α-hetero) is 1. The fourth-order valence-corrected chi connectivity index (χ4v) is 3.97. The van der Waals surface area contributed by atoms with Gasteiger partial charge in [0.05, 0.1) is 11.3 Å². The van der Waals surface area contributed by atoms with Crippen molar-refractivity contribution in [2.24, 2.45) is 0 Å². The molecule has 0 radical (unpaired) electrons. The van der Waals surface area contributed by atoms with Crippen LogP contribution in [0.5, 0.6) is 0 Å². The molecule has 2 aromatic carbocycles. The van der Waals surface area contributed by atoms with E-state index in [0.717, 1.165) is 16.6 Å². The third-order valence-electron chi connectivity index (χ3n) is 3.87. The Balaban J connectivity index is 2.12. The quantitative estimate of drug-likeness (QED) is 0.428. The first kappa shape index (κ1) is 20.6. The highest BCUT2D eigenvalue weighted by Crippen LogP contribution is 2.35. The van der Waals surface area contributed by atoms with Crippen LogP contribution < -0.4 is 0 Å². The lowest BCUT2D eigenvalue weighted by Gasteiger charge is -2.13. The van der Waals surface area contributed by atoms with Gasteiger partial charge in [0, 0.05) is 22.2 Å². The molecule has 0 saturated carbocycles. The lowest BCUT2D eigenvalue weighted by molar-refractivity contribution is -0.137. The first-order valence-electron chi connectivity index (χ1n) is 8.27. The lowest BCUT2D eigenvalue weighted by atomic mass is 10.1. The van der Waals surface area contributed by atoms with Crippen molar-refractivity contribution >= 4 is 33.5 Å². The van der Waals surface area contributed by atoms with Gasteiger partial charge in [-0.15, -0.1) is 10.2 Å². The maximum atomic E-state index is 13.2. The minimum Gasteiger partial charge on any atom is -0.300 e. The van der Waals surface area contributed by atoms with E-state index >= 15 is 0 Å². The van der Waals surface area contributed by atoms with E-state index in [0.29, 0.717) is 34.4 Å². The summed E-state index contributed by atoms with van der Waals surface area (Å²) in [5.41, 5.74) is 0.248. The predicted octanol–water partition coefficient (Wildman–Crippen LogP) is 5.79. The summed E-state index contributed by atoms with van der Waals surface area (Å²) in [6.07, 6.45) is -4.12. The molecular formula is C19H15BrF3N3OS. The Labute approximate surface area is 172 Å². The first-order chi connectivity index (χ1) is 13.3. The van der Waals surface area contributed by atoms with Crippen LogP contribution in [0, 0.1) is 0 Å². The van der Waals surface area contributed by atoms with Gasteiger partial charge < -0.3 is 0 Å². The number of benzene rings is 2. The molecule has 3 rings (SSSR count). The van der Waals surface area contributed by atoms with E-state index < -0.39 is 11.7 Å². The van der Waals surface area contributed by atoms with E-state index in [9.17, 15) is 18.0 Å². The predicted molar refractivity (Wildman–Crippen MR) is 106 cm³/mol. The van der Waals surface area contributed by atoms with Crippen molar-refractivity contribution in [1.82, 2.24) is 14.8 Å². The molecule has 0 N–H and O–H groups in total. The first-order valence-corrected chi connectivity index (χ1v) is 10.1. The maximum absolute atomic E-state index is 13.2. The molecule has 9 heteroatoms. The topological polar surface area (TPSA) is 47.8 Å². The van der Waals surface area contributed by atoms with Crippen LogP contribution in [0.3, 0.4) is 0 Å². The van der Waals surface area contributed by atoms with E-state index in [1.54, 1.807) is 10.6 Å². The molecule has 3 aromatic rings. The van der Waals surface area contributed by atoms with Gasteiger partial charge in [-0.2, -0.15) is 13.2 Å². The molecule has 0 saturated heterocycles. The zero-order valence-corrected chi connectivity index (χ0v) is 17.1. The molecule has 0 atom stereocenters. The monoisotopic (exact) mass is 469 g/mol. The minimum absolute atomic E-state index is 0.0312. The molecule has 0 unspecified atom stereocenters. The van der Waals surface area contributed by atoms with Gasteiger partial charge in [-0.25, -0.2) is 0 Å². The van der Waals surface area contributed by atoms with E-state index in [-0.39, 0.29) is 5.78 Å². The van der Waals surface area contributed by atoms with Gasteiger partial charge in [0.25, 0.3) is 0 Å². The third-order valence-corrected chi connectivity index (χ3v) is 5.49. The summed E-state index contributed by atoms with van der Waals surface area (Å²) in [6, 6.07) is 12.3. The van der Waals surface area contributed by atoms with Gasteiger partial charge in [0.2, 0.25) is 0 Å². The summed E-state index contributed by atoms with van der Waals surface area (Å²) in [6.45, 7) is 1.49. The number of rotatable bonds is 6. The number of thioether (sulfide) groups is 1. The number of aromatic nitrogens is 3. The number of hydrogen-bond donors (Lipinski definition) is 0. The second-order valence-electron chi connectivity index (χ2n) is 5.97. The summed E-state index contributed by atoms with van der Waals surface area (Å²) >= 11 is 4.73. The largest absolute Gasteiger partial charge is 0.416 e. The highest BCUT2D eigenvalue weighted by molar-refractivity contribution is 9.10. The molecule has 0 amide bonds. The molecule has 0 spiro atoms. The van der Waals surface area contributed by atoms with Crippen molar-refractivity contribution in [3.8, 4) is 17.1 Å². The fourth-order valence-electron chi connectivity index (χ4n) is 2.52. The van der Waals surface area contributed by atoms with Crippen LogP contribution in [-0.2, 0) is 11.0 Å². The number of alkyl halides is 3. The zero-order valence-electron chi connectivity index (χ0n) is 14.7. The summed E-state index contributed by atoms with van der Waals surface area (Å²) in [7, 11) is 0. The molecule has 0 aliphatic rings. The second-order valence-corrected chi connectivity index (χ2v) is 7.89. The van der Waals surface area contributed by atoms with Gasteiger partial charge in [0.15, 0.2) is 11.0 Å². The maximum Gasteiger partial charge on any atom is 0.416 e. The fraction of sp³-hybridized carbons (Fsp3) is 0.211. The van der Waals surface area contributed by atoms with Crippen molar-refractivity contribution in [1.29, 1.82) is 0 Å². The Hall–Kier alpha value is -2.13. The number of carbonyl (C=O) groups excluding carboxylic acids is 1. The zero-order chi connectivity index (χ0) is 20.3. The van der Waals surface area contributed by atoms with Crippen LogP contribution in [0.15, 0.2) is 58.2 Å². The summed E-state index contributed by atoms with van der Waals surface area (Å²) in [4.78, 5) is 11.2. The average Bonchev–Trinajstić information content (AvgIpc) is 3.05. The SMILES string of the molecule is CC(=O)CCSc1nnc(-c2ccccc2Br)n1-c1cccc(C(F)(F)F)c1. The Bertz CT molecular complexity index is 1000. The van der Waals surface area contributed by atoms with Crippen molar-refractivity contribution in [2.45, 2.75) is 24.7 Å². The molecule has 4 nitrogen and oxygen atoms in total. The number of carbonyl (C=O) groups is 1. The third kappa shape index (κ3) is 4.64. The average molecular weight is 470 g/mol. The lowest BCUT2D eigenvalue weighted by Crippen LogP contribution is -2.07. The van der Waals surface area contributed by atoms with Crippen molar-refractivity contribution in [3.63, 3.8) is 0 Å². The minimum atomic E-state index is -4.46. The number of hydrogen-bond acceptors (Lipinski definition) is 4. The number of nitrogens with zero attached hydrogens (tertiary/aromatic N) is 3. The molecule has 1 heterocycles. The molecule has 1 aromatic heterocycles. The van der Waals surface area contributed by atoms with Crippen LogP contribution in [0.25, 0.3) is 17.1 Å². The van der Waals surface area contributed by atoms with Crippen LogP contribution in [0.2, 0.25) is 0 Å². The smallest absolute Gasteiger partial charge is 0.300 e. The van der Waals surface area contributed by atoms with E-state index in [1.807, 2.05) is 24.3 Å². The van der Waals surface area contributed by atoms with Gasteiger partial charge in [0.1, 0.15) is 5.78 Å². The Kier molecular flexibility index (Phi) is 6.24. The molecule has 28 heavy (non-hydrogen) atoms. The highest BCUT2D eigenvalue weighted by Gasteiger charge is 2.31. The standard InChI is InChI=1S/C19H15BrF3N3OS/c1-12(27)9-10-28-18-25-24-17(15-7-2-3-8-16(15)20)26(18)14-6-4-5-13(11-14)19(21,22)23/h2-8,11H,9-10H2,1H3. The number of halogens is 4. The van der Waals surface area contributed by atoms with Crippen molar-refractivity contribution in [3.05, 3.63) is 58.6 Å². The summed E-state index contributed by atoms with van der Waals surface area (Å²) < 4.78 is 41.9. The van der Waals surface area contributed by atoms with E-state index in [1.165, 1.54) is 24.8 Å². The van der Waals surface area contributed by atoms with Crippen LogP contribution in [-0.4, -0.2) is 26.3 Å². The Morgan fingerprint density at radius 2 is 1.89 bits per heavy atom. The molecule has 0 bridgehead atoms. The van der Waals surface area contributed by atoms with Gasteiger partial charge in [-0.05, 0) is 31.2 Å². The van der Waals surface area contributed by atoms with E-state index in [2.05, 4.69) is 26.1 Å². The highest BCUT2D eigenvalue weighted by atomic mass is 79.9. The van der Waals surface area contributed by atoms with Crippen molar-refractivity contribution in [2.75, 3.05) is 5.75 Å². The molecule has 0 aliphatic heterocycles. The molecule has 0 aliphatic carbocycles. The Morgan fingerprint density at radius 3 is 2.57 bits per heavy atom. The van der Waals surface area contributed by atoms with Gasteiger partial charge in [-0.3, -0.25) is 9.36 Å². The van der Waals surface area contributed by atoms with Crippen LogP contribution in [0.4, 0.5) is 13.2 Å². The van der Waals surface area contributed by atoms with Gasteiger partial charge in [-0.1, -0.05) is 52.0 Å². The molecular weight excluding hydrogens is 455 g/mol. The Morgan fingerprint density at radius 1 is 1.14 bits per heavy atom. The van der Waals surface area contributed by atoms with Crippen LogP contribution >= 0.6 is 27.7 Å². The van der Waals surface area contributed by atoms with E-state index in [4.69, 9.17) is 0 Å². The summed E-state index contributed by atoms with van der Waals surface area (Å²) in [5, 5.41) is 8.79.